The van der Waals surface area contributed by atoms with E-state index in [0.717, 1.165) is 16.6 Å². The van der Waals surface area contributed by atoms with Gasteiger partial charge in [-0.3, -0.25) is 0 Å². The van der Waals surface area contributed by atoms with Crippen LogP contribution in [0.5, 0.6) is 0 Å². The highest BCUT2D eigenvalue weighted by Gasteiger charge is 2.06. The normalized spacial score (nSPS) is 12.7. The van der Waals surface area contributed by atoms with E-state index in [1.165, 1.54) is 5.56 Å². The summed E-state index contributed by atoms with van der Waals surface area (Å²) in [6.07, 6.45) is 4.24. The first-order valence-corrected chi connectivity index (χ1v) is 6.48. The maximum Gasteiger partial charge on any atom is 0.0790 e. The molecule has 0 bridgehead atoms. The Morgan fingerprint density at radius 1 is 1.53 bits per heavy atom. The molecule has 0 amide bonds. The van der Waals surface area contributed by atoms with Gasteiger partial charge in [0.2, 0.25) is 0 Å². The molecule has 90 valence electrons. The van der Waals surface area contributed by atoms with Crippen molar-refractivity contribution in [2.75, 3.05) is 0 Å². The minimum Gasteiger partial charge on any atom is -0.328 e. The second-order valence-electron chi connectivity index (χ2n) is 4.06. The monoisotopic (exact) mass is 313 g/mol. The zero-order valence-corrected chi connectivity index (χ0v) is 11.7. The average molecular weight is 315 g/mol. The van der Waals surface area contributed by atoms with Crippen molar-refractivity contribution in [2.24, 2.45) is 5.73 Å². The van der Waals surface area contributed by atoms with E-state index < -0.39 is 0 Å². The Balaban J connectivity index is 2.30. The minimum absolute atomic E-state index is 0.149. The van der Waals surface area contributed by atoms with Gasteiger partial charge in [0.1, 0.15) is 0 Å². The van der Waals surface area contributed by atoms with Crippen LogP contribution in [0, 0.1) is 0 Å². The molecule has 0 fully saturated rings. The van der Waals surface area contributed by atoms with Crippen LogP contribution in [0.1, 0.15) is 12.5 Å². The van der Waals surface area contributed by atoms with Gasteiger partial charge in [0.15, 0.2) is 0 Å². The smallest absolute Gasteiger partial charge is 0.0790 e. The number of rotatable bonds is 3. The predicted octanol–water partition coefficient (Wildman–Crippen LogP) is 3.18. The Bertz CT molecular complexity index is 522. The van der Waals surface area contributed by atoms with E-state index in [4.69, 9.17) is 17.3 Å². The van der Waals surface area contributed by atoms with Crippen molar-refractivity contribution in [3.8, 4) is 5.69 Å². The highest BCUT2D eigenvalue weighted by Crippen LogP contribution is 2.22. The summed E-state index contributed by atoms with van der Waals surface area (Å²) in [6.45, 7) is 1.99. The Labute approximate surface area is 114 Å². The SMILES string of the molecule is CC(N)Cc1ccc(-n2cc(Cl)cn2)cc1Br. The molecule has 1 aromatic carbocycles. The van der Waals surface area contributed by atoms with Crippen LogP contribution in [0.2, 0.25) is 5.02 Å². The van der Waals surface area contributed by atoms with E-state index in [9.17, 15) is 0 Å². The van der Waals surface area contributed by atoms with Crippen molar-refractivity contribution in [1.29, 1.82) is 0 Å². The molecule has 2 N–H and O–H groups in total. The molecule has 1 unspecified atom stereocenters. The molecule has 2 rings (SSSR count). The van der Waals surface area contributed by atoms with Gasteiger partial charge >= 0.3 is 0 Å². The lowest BCUT2D eigenvalue weighted by atomic mass is 10.1. The maximum atomic E-state index is 5.84. The fraction of sp³-hybridized carbons (Fsp3) is 0.250. The maximum absolute atomic E-state index is 5.84. The summed E-state index contributed by atoms with van der Waals surface area (Å²) in [6, 6.07) is 6.22. The van der Waals surface area contributed by atoms with Gasteiger partial charge in [-0.05, 0) is 31.0 Å². The van der Waals surface area contributed by atoms with Crippen LogP contribution in [0.3, 0.4) is 0 Å². The summed E-state index contributed by atoms with van der Waals surface area (Å²) >= 11 is 9.39. The number of nitrogens with zero attached hydrogens (tertiary/aromatic N) is 2. The average Bonchev–Trinajstić information content (AvgIpc) is 2.67. The van der Waals surface area contributed by atoms with Crippen molar-refractivity contribution < 1.29 is 0 Å². The fourth-order valence-electron chi connectivity index (χ4n) is 1.63. The standard InChI is InChI=1S/C12H13BrClN3/c1-8(15)4-9-2-3-11(5-12(9)13)17-7-10(14)6-16-17/h2-3,5-8H,4,15H2,1H3. The first-order chi connectivity index (χ1) is 8.06. The van der Waals surface area contributed by atoms with Crippen molar-refractivity contribution in [3.63, 3.8) is 0 Å². The topological polar surface area (TPSA) is 43.8 Å². The second kappa shape index (κ2) is 5.21. The van der Waals surface area contributed by atoms with Gasteiger partial charge in [-0.2, -0.15) is 5.10 Å². The molecule has 5 heteroatoms. The Morgan fingerprint density at radius 2 is 2.29 bits per heavy atom. The zero-order valence-electron chi connectivity index (χ0n) is 9.40. The van der Waals surface area contributed by atoms with Crippen LogP contribution in [0.4, 0.5) is 0 Å². The molecule has 17 heavy (non-hydrogen) atoms. The van der Waals surface area contributed by atoms with E-state index >= 15 is 0 Å². The zero-order chi connectivity index (χ0) is 12.4. The third-order valence-electron chi connectivity index (χ3n) is 2.39. The lowest BCUT2D eigenvalue weighted by Gasteiger charge is -2.09. The molecule has 0 spiro atoms. The summed E-state index contributed by atoms with van der Waals surface area (Å²) in [5, 5.41) is 4.78. The van der Waals surface area contributed by atoms with Crippen molar-refractivity contribution in [2.45, 2.75) is 19.4 Å². The molecule has 3 nitrogen and oxygen atoms in total. The molecule has 1 atom stereocenters. The quantitative estimate of drug-likeness (QED) is 0.945. The third kappa shape index (κ3) is 3.09. The van der Waals surface area contributed by atoms with Crippen molar-refractivity contribution in [3.05, 3.63) is 45.7 Å². The number of hydrogen-bond donors (Lipinski definition) is 1. The number of hydrogen-bond acceptors (Lipinski definition) is 2. The molecule has 2 aromatic rings. The second-order valence-corrected chi connectivity index (χ2v) is 5.35. The van der Waals surface area contributed by atoms with E-state index in [1.54, 1.807) is 17.1 Å². The van der Waals surface area contributed by atoms with Gasteiger partial charge in [-0.15, -0.1) is 0 Å². The third-order valence-corrected chi connectivity index (χ3v) is 3.33. The van der Waals surface area contributed by atoms with Gasteiger partial charge in [0.25, 0.3) is 0 Å². The first-order valence-electron chi connectivity index (χ1n) is 5.31. The molecule has 0 radical (unpaired) electrons. The number of benzene rings is 1. The van der Waals surface area contributed by atoms with Crippen LogP contribution >= 0.6 is 27.5 Å². The molecule has 0 aliphatic heterocycles. The van der Waals surface area contributed by atoms with E-state index in [2.05, 4.69) is 27.1 Å². The lowest BCUT2D eigenvalue weighted by molar-refractivity contribution is 0.735. The molecule has 1 heterocycles. The largest absolute Gasteiger partial charge is 0.328 e. The van der Waals surface area contributed by atoms with Gasteiger partial charge in [0.05, 0.1) is 16.9 Å². The molecule has 0 aliphatic carbocycles. The van der Waals surface area contributed by atoms with Crippen LogP contribution in [-0.4, -0.2) is 15.8 Å². The highest BCUT2D eigenvalue weighted by atomic mass is 79.9. The van der Waals surface area contributed by atoms with Gasteiger partial charge in [0, 0.05) is 16.7 Å². The summed E-state index contributed by atoms with van der Waals surface area (Å²) in [7, 11) is 0. The summed E-state index contributed by atoms with van der Waals surface area (Å²) in [4.78, 5) is 0. The highest BCUT2D eigenvalue weighted by molar-refractivity contribution is 9.10. The molecular formula is C12H13BrClN3. The minimum atomic E-state index is 0.149. The van der Waals surface area contributed by atoms with Crippen molar-refractivity contribution >= 4 is 27.5 Å². The van der Waals surface area contributed by atoms with Crippen LogP contribution in [0.25, 0.3) is 5.69 Å². The van der Waals surface area contributed by atoms with Gasteiger partial charge < -0.3 is 5.73 Å². The Hall–Kier alpha value is -0.840. The fourth-order valence-corrected chi connectivity index (χ4v) is 2.30. The van der Waals surface area contributed by atoms with Gasteiger partial charge in [-0.25, -0.2) is 4.68 Å². The number of nitrogens with two attached hydrogens (primary N) is 1. The summed E-state index contributed by atoms with van der Waals surface area (Å²) in [5.74, 6) is 0. The number of halogens is 2. The summed E-state index contributed by atoms with van der Waals surface area (Å²) < 4.78 is 2.78. The molecule has 0 saturated heterocycles. The summed E-state index contributed by atoms with van der Waals surface area (Å²) in [5.41, 5.74) is 7.96. The number of aromatic nitrogens is 2. The molecule has 0 saturated carbocycles. The Kier molecular flexibility index (Phi) is 3.86. The van der Waals surface area contributed by atoms with Crippen LogP contribution in [0.15, 0.2) is 35.1 Å². The van der Waals surface area contributed by atoms with E-state index in [-0.39, 0.29) is 6.04 Å². The lowest BCUT2D eigenvalue weighted by Crippen LogP contribution is -2.18. The van der Waals surface area contributed by atoms with Crippen molar-refractivity contribution in [1.82, 2.24) is 9.78 Å². The predicted molar refractivity (Wildman–Crippen MR) is 73.6 cm³/mol. The van der Waals surface area contributed by atoms with E-state index in [1.807, 2.05) is 19.1 Å². The van der Waals surface area contributed by atoms with Crippen LogP contribution < -0.4 is 5.73 Å². The van der Waals surface area contributed by atoms with E-state index in [0.29, 0.717) is 5.02 Å². The molecular weight excluding hydrogens is 302 g/mol. The first kappa shape index (κ1) is 12.6. The Morgan fingerprint density at radius 3 is 2.82 bits per heavy atom. The van der Waals surface area contributed by atoms with Crippen LogP contribution in [-0.2, 0) is 6.42 Å². The van der Waals surface area contributed by atoms with Gasteiger partial charge in [-0.1, -0.05) is 33.6 Å². The molecule has 1 aromatic heterocycles. The molecule has 0 aliphatic rings.